The fraction of sp³-hybridized carbons (Fsp3) is 0.567. The number of halogens is 1. The molecule has 3 amide bonds. The van der Waals surface area contributed by atoms with Crippen molar-refractivity contribution in [2.45, 2.75) is 61.6 Å². The number of amides is 3. The van der Waals surface area contributed by atoms with E-state index in [-0.39, 0.29) is 42.2 Å². The monoisotopic (exact) mass is 601 g/mol. The van der Waals surface area contributed by atoms with Gasteiger partial charge in [-0.15, -0.1) is 13.2 Å². The number of para-hydroxylation sites is 1. The van der Waals surface area contributed by atoms with E-state index in [9.17, 15) is 19.5 Å². The van der Waals surface area contributed by atoms with Gasteiger partial charge in [-0.2, -0.15) is 0 Å². The molecule has 0 radical (unpaired) electrons. The first-order valence-electron chi connectivity index (χ1n) is 14.0. The Morgan fingerprint density at radius 2 is 1.87 bits per heavy atom. The number of ether oxygens (including phenoxy) is 1. The smallest absolute Gasteiger partial charge is 0.248 e. The Morgan fingerprint density at radius 3 is 2.51 bits per heavy atom. The van der Waals surface area contributed by atoms with Crippen molar-refractivity contribution in [3.05, 3.63) is 55.6 Å². The number of hydrogen-bond acceptors (Lipinski definition) is 5. The molecule has 0 aromatic heterocycles. The van der Waals surface area contributed by atoms with Crippen LogP contribution in [0.4, 0.5) is 5.69 Å². The molecular formula is C30H40BrN3O5. The predicted octanol–water partition coefficient (Wildman–Crippen LogP) is 3.54. The summed E-state index contributed by atoms with van der Waals surface area (Å²) in [6.07, 6.45) is 6.48. The van der Waals surface area contributed by atoms with Crippen molar-refractivity contribution in [2.24, 2.45) is 11.8 Å². The summed E-state index contributed by atoms with van der Waals surface area (Å²) in [5.41, 5.74) is -0.405. The molecule has 4 rings (SSSR count). The first kappa shape index (κ1) is 29.5. The van der Waals surface area contributed by atoms with Gasteiger partial charge in [0, 0.05) is 43.3 Å². The number of aliphatic hydroxyl groups excluding tert-OH is 1. The Morgan fingerprint density at radius 1 is 1.15 bits per heavy atom. The number of carbonyl (C=O) groups is 3. The number of aliphatic hydroxyl groups is 1. The van der Waals surface area contributed by atoms with Crippen LogP contribution in [0.5, 0.6) is 0 Å². The number of carbonyl (C=O) groups excluding carboxylic acids is 3. The van der Waals surface area contributed by atoms with Crippen molar-refractivity contribution in [2.75, 3.05) is 37.7 Å². The largest absolute Gasteiger partial charge is 0.396 e. The maximum Gasteiger partial charge on any atom is 0.248 e. The van der Waals surface area contributed by atoms with Crippen molar-refractivity contribution in [1.82, 2.24) is 9.80 Å². The van der Waals surface area contributed by atoms with Crippen LogP contribution in [0, 0.1) is 11.8 Å². The molecule has 0 aliphatic carbocycles. The summed E-state index contributed by atoms with van der Waals surface area (Å²) in [6, 6.07) is 8.46. The molecule has 2 bridgehead atoms. The summed E-state index contributed by atoms with van der Waals surface area (Å²) in [4.78, 5) is 47.4. The summed E-state index contributed by atoms with van der Waals surface area (Å²) in [5.74, 6) is -2.18. The van der Waals surface area contributed by atoms with Gasteiger partial charge in [-0.25, -0.2) is 0 Å². The van der Waals surface area contributed by atoms with E-state index in [0.717, 1.165) is 19.3 Å². The van der Waals surface area contributed by atoms with Crippen LogP contribution in [0.25, 0.3) is 0 Å². The normalized spacial score (nSPS) is 28.8. The fourth-order valence-electron chi connectivity index (χ4n) is 6.59. The summed E-state index contributed by atoms with van der Waals surface area (Å²) in [7, 11) is 0. The van der Waals surface area contributed by atoms with Gasteiger partial charge in [-0.3, -0.25) is 14.4 Å². The molecule has 3 fully saturated rings. The zero-order chi connectivity index (χ0) is 28.2. The molecule has 9 heteroatoms. The molecule has 39 heavy (non-hydrogen) atoms. The van der Waals surface area contributed by atoms with Crippen LogP contribution in [0.2, 0.25) is 0 Å². The van der Waals surface area contributed by atoms with Crippen molar-refractivity contribution < 1.29 is 24.2 Å². The van der Waals surface area contributed by atoms with Gasteiger partial charge >= 0.3 is 0 Å². The van der Waals surface area contributed by atoms with Crippen LogP contribution in [0.15, 0.2) is 55.6 Å². The Kier molecular flexibility index (Phi) is 9.67. The molecule has 3 aliphatic heterocycles. The molecule has 3 saturated heterocycles. The SMILES string of the molecule is C=CCN(CCCCC)C(=O)C1N(CCCO)C(=O)[C@@H]2[C@H](C(=O)N(CC=C)c3ccccc3)[C@H]3OC12CC3Br. The van der Waals surface area contributed by atoms with Gasteiger partial charge in [0.1, 0.15) is 11.6 Å². The third-order valence-corrected chi connectivity index (χ3v) is 9.05. The molecule has 3 heterocycles. The van der Waals surface area contributed by atoms with E-state index in [1.165, 1.54) is 0 Å². The van der Waals surface area contributed by atoms with Crippen LogP contribution in [0.3, 0.4) is 0 Å². The van der Waals surface area contributed by atoms with Crippen LogP contribution >= 0.6 is 15.9 Å². The molecule has 1 aromatic carbocycles. The Labute approximate surface area is 239 Å². The lowest BCUT2D eigenvalue weighted by molar-refractivity contribution is -0.147. The molecule has 1 spiro atoms. The maximum absolute atomic E-state index is 14.2. The number of alkyl halides is 1. The van der Waals surface area contributed by atoms with E-state index in [1.54, 1.807) is 26.9 Å². The number of hydrogen-bond donors (Lipinski definition) is 1. The van der Waals surface area contributed by atoms with E-state index >= 15 is 0 Å². The van der Waals surface area contributed by atoms with Crippen molar-refractivity contribution in [1.29, 1.82) is 0 Å². The Balaban J connectivity index is 1.73. The van der Waals surface area contributed by atoms with Crippen LogP contribution < -0.4 is 4.90 Å². The number of unbranched alkanes of at least 4 members (excludes halogenated alkanes) is 2. The molecule has 212 valence electrons. The lowest BCUT2D eigenvalue weighted by atomic mass is 9.70. The molecule has 3 unspecified atom stereocenters. The van der Waals surface area contributed by atoms with Gasteiger partial charge in [0.15, 0.2) is 0 Å². The van der Waals surface area contributed by atoms with Crippen molar-refractivity contribution >= 4 is 39.3 Å². The molecule has 1 aromatic rings. The van der Waals surface area contributed by atoms with Gasteiger partial charge in [0.25, 0.3) is 0 Å². The number of benzene rings is 1. The van der Waals surface area contributed by atoms with Gasteiger partial charge in [-0.05, 0) is 31.4 Å². The third kappa shape index (κ3) is 5.33. The lowest BCUT2D eigenvalue weighted by Gasteiger charge is -2.37. The second-order valence-corrected chi connectivity index (χ2v) is 11.8. The molecule has 3 aliphatic rings. The number of rotatable bonds is 14. The summed E-state index contributed by atoms with van der Waals surface area (Å²) >= 11 is 3.74. The van der Waals surface area contributed by atoms with Gasteiger partial charge < -0.3 is 24.5 Å². The second kappa shape index (κ2) is 12.8. The van der Waals surface area contributed by atoms with E-state index in [4.69, 9.17) is 4.74 Å². The van der Waals surface area contributed by atoms with Gasteiger partial charge in [0.05, 0.1) is 17.9 Å². The van der Waals surface area contributed by atoms with Crippen LogP contribution in [0.1, 0.15) is 39.0 Å². The first-order chi connectivity index (χ1) is 18.9. The van der Waals surface area contributed by atoms with E-state index < -0.39 is 29.6 Å². The van der Waals surface area contributed by atoms with Gasteiger partial charge in [-0.1, -0.05) is 66.0 Å². The highest BCUT2D eigenvalue weighted by Crippen LogP contribution is 2.60. The van der Waals surface area contributed by atoms with Crippen molar-refractivity contribution in [3.8, 4) is 0 Å². The Bertz CT molecular complexity index is 1070. The van der Waals surface area contributed by atoms with Crippen molar-refractivity contribution in [3.63, 3.8) is 0 Å². The second-order valence-electron chi connectivity index (χ2n) is 10.6. The number of likely N-dealkylation sites (tertiary alicyclic amines) is 1. The van der Waals surface area contributed by atoms with Gasteiger partial charge in [0.2, 0.25) is 17.7 Å². The third-order valence-electron chi connectivity index (χ3n) is 8.20. The minimum absolute atomic E-state index is 0.108. The van der Waals surface area contributed by atoms with E-state index in [2.05, 4.69) is 36.0 Å². The van der Waals surface area contributed by atoms with E-state index in [1.807, 2.05) is 30.3 Å². The Hall–Kier alpha value is -2.49. The predicted molar refractivity (Wildman–Crippen MR) is 154 cm³/mol. The average Bonchev–Trinajstić information content (AvgIpc) is 3.53. The molecule has 8 nitrogen and oxygen atoms in total. The highest BCUT2D eigenvalue weighted by Gasteiger charge is 2.76. The summed E-state index contributed by atoms with van der Waals surface area (Å²) in [5, 5.41) is 9.59. The maximum atomic E-state index is 14.2. The molecule has 0 saturated carbocycles. The quantitative estimate of drug-likeness (QED) is 0.200. The minimum Gasteiger partial charge on any atom is -0.396 e. The molecule has 6 atom stereocenters. The van der Waals surface area contributed by atoms with Crippen LogP contribution in [-0.2, 0) is 19.1 Å². The number of anilines is 1. The average molecular weight is 603 g/mol. The zero-order valence-corrected chi connectivity index (χ0v) is 24.3. The fourth-order valence-corrected chi connectivity index (χ4v) is 7.53. The number of fused-ring (bicyclic) bond motifs is 1. The zero-order valence-electron chi connectivity index (χ0n) is 22.7. The molecular weight excluding hydrogens is 562 g/mol. The molecule has 1 N–H and O–H groups in total. The topological polar surface area (TPSA) is 90.4 Å². The summed E-state index contributed by atoms with van der Waals surface area (Å²) < 4.78 is 6.64. The standard InChI is InChI=1S/C30H40BrN3O5/c1-4-7-11-17-32(15-5-2)29(38)26-30-20-22(31)25(39-30)23(24(30)28(37)34(26)18-12-19-35)27(36)33(16-6-3)21-13-9-8-10-14-21/h5-6,8-10,13-14,22-26,35H,2-4,7,11-12,15-20H2,1H3/t22?,23-,24-,25-,26?,30?/m0/s1. The highest BCUT2D eigenvalue weighted by atomic mass is 79.9. The number of nitrogens with zero attached hydrogens (tertiary/aromatic N) is 3. The summed E-state index contributed by atoms with van der Waals surface area (Å²) in [6.45, 7) is 11.1. The first-order valence-corrected chi connectivity index (χ1v) is 14.9. The lowest BCUT2D eigenvalue weighted by Crippen LogP contribution is -2.57. The van der Waals surface area contributed by atoms with E-state index in [0.29, 0.717) is 31.6 Å². The highest BCUT2D eigenvalue weighted by molar-refractivity contribution is 9.09. The van der Waals surface area contributed by atoms with Crippen LogP contribution in [-0.4, -0.2) is 88.0 Å². The minimum atomic E-state index is -1.12.